The first-order chi connectivity index (χ1) is 11.3. The van der Waals surface area contributed by atoms with Gasteiger partial charge >= 0.3 is 0 Å². The van der Waals surface area contributed by atoms with Gasteiger partial charge in [0.1, 0.15) is 11.6 Å². The number of benzene rings is 2. The Labute approximate surface area is 161 Å². The smallest absolute Gasteiger partial charge is 0.266 e. The minimum Gasteiger partial charge on any atom is -0.268 e. The lowest BCUT2D eigenvalue weighted by molar-refractivity contribution is 0.621. The largest absolute Gasteiger partial charge is 0.268 e. The number of halogens is 3. The van der Waals surface area contributed by atoms with E-state index in [9.17, 15) is 9.18 Å². The van der Waals surface area contributed by atoms with Gasteiger partial charge in [-0.05, 0) is 65.8 Å². The number of aryl methyl sites for hydroxylation is 3. The Morgan fingerprint density at radius 3 is 2.42 bits per heavy atom. The lowest BCUT2D eigenvalue weighted by atomic mass is 10.1. The molecule has 0 radical (unpaired) electrons. The Morgan fingerprint density at radius 1 is 1.21 bits per heavy atom. The zero-order valence-corrected chi connectivity index (χ0v) is 17.2. The molecule has 3 nitrogen and oxygen atoms in total. The van der Waals surface area contributed by atoms with Crippen LogP contribution in [0.2, 0.25) is 0 Å². The highest BCUT2D eigenvalue weighted by Gasteiger charge is 2.17. The van der Waals surface area contributed by atoms with Crippen LogP contribution in [0.4, 0.5) is 4.39 Å². The highest BCUT2D eigenvalue weighted by molar-refractivity contribution is 14.1. The van der Waals surface area contributed by atoms with E-state index in [1.54, 1.807) is 10.6 Å². The van der Waals surface area contributed by atoms with Gasteiger partial charge in [0.05, 0.1) is 16.6 Å². The van der Waals surface area contributed by atoms with E-state index in [2.05, 4.69) is 20.9 Å². The number of rotatable bonds is 2. The molecule has 0 aliphatic rings. The molecule has 0 amide bonds. The van der Waals surface area contributed by atoms with Crippen LogP contribution < -0.4 is 5.56 Å². The Hall–Kier alpha value is -1.28. The normalized spacial score (nSPS) is 11.2. The van der Waals surface area contributed by atoms with Gasteiger partial charge < -0.3 is 0 Å². The van der Waals surface area contributed by atoms with Crippen molar-refractivity contribution in [3.05, 3.63) is 65.4 Å². The molecular formula is C18H15BrFIN2O. The third kappa shape index (κ3) is 2.90. The summed E-state index contributed by atoms with van der Waals surface area (Å²) in [6.45, 7) is 5.88. The number of nitrogens with zero attached hydrogens (tertiary/aromatic N) is 2. The minimum absolute atomic E-state index is 0.164. The molecule has 1 aromatic heterocycles. The van der Waals surface area contributed by atoms with Crippen molar-refractivity contribution in [2.45, 2.75) is 27.2 Å². The van der Waals surface area contributed by atoms with Gasteiger partial charge in [-0.25, -0.2) is 9.37 Å². The Morgan fingerprint density at radius 2 is 1.83 bits per heavy atom. The highest BCUT2D eigenvalue weighted by atomic mass is 127. The van der Waals surface area contributed by atoms with Crippen LogP contribution in [0, 0.1) is 23.2 Å². The Kier molecular flexibility index (Phi) is 4.79. The summed E-state index contributed by atoms with van der Waals surface area (Å²) < 4.78 is 16.9. The fraction of sp³-hybridized carbons (Fsp3) is 0.222. The van der Waals surface area contributed by atoms with E-state index in [0.29, 0.717) is 26.7 Å². The van der Waals surface area contributed by atoms with E-state index in [1.807, 2.05) is 55.5 Å². The summed E-state index contributed by atoms with van der Waals surface area (Å²) in [6, 6.07) is 6.86. The number of hydrogen-bond acceptors (Lipinski definition) is 2. The summed E-state index contributed by atoms with van der Waals surface area (Å²) in [5.41, 5.74) is 3.05. The van der Waals surface area contributed by atoms with Crippen LogP contribution in [0.15, 0.2) is 33.5 Å². The summed E-state index contributed by atoms with van der Waals surface area (Å²) >= 11 is 5.38. The summed E-state index contributed by atoms with van der Waals surface area (Å²) in [7, 11) is 0. The summed E-state index contributed by atoms with van der Waals surface area (Å²) in [6.07, 6.45) is 0.577. The number of hydrogen-bond donors (Lipinski definition) is 0. The quantitative estimate of drug-likeness (QED) is 0.460. The second kappa shape index (κ2) is 6.55. The molecule has 0 saturated carbocycles. The Balaban J connectivity index is 2.47. The van der Waals surface area contributed by atoms with Crippen LogP contribution in [0.1, 0.15) is 23.9 Å². The van der Waals surface area contributed by atoms with Gasteiger partial charge in [-0.1, -0.05) is 22.9 Å². The van der Waals surface area contributed by atoms with Crippen molar-refractivity contribution in [2.75, 3.05) is 0 Å². The van der Waals surface area contributed by atoms with Crippen molar-refractivity contribution < 1.29 is 4.39 Å². The van der Waals surface area contributed by atoms with E-state index in [4.69, 9.17) is 0 Å². The molecule has 6 heteroatoms. The molecule has 0 N–H and O–H groups in total. The molecule has 0 bridgehead atoms. The lowest BCUT2D eigenvalue weighted by Gasteiger charge is -2.17. The average molecular weight is 501 g/mol. The molecule has 24 heavy (non-hydrogen) atoms. The van der Waals surface area contributed by atoms with E-state index in [-0.39, 0.29) is 11.4 Å². The topological polar surface area (TPSA) is 34.9 Å². The van der Waals surface area contributed by atoms with Crippen molar-refractivity contribution in [3.8, 4) is 5.69 Å². The van der Waals surface area contributed by atoms with Gasteiger partial charge in [-0.15, -0.1) is 0 Å². The standard InChI is InChI=1S/C18H15BrFIN2O/c1-4-16-22-15-8-13(20)14(21)7-12(15)18(24)23(16)17-9(2)5-11(19)6-10(17)3/h5-8H,4H2,1-3H3. The molecule has 0 spiro atoms. The molecule has 2 aromatic carbocycles. The zero-order valence-electron chi connectivity index (χ0n) is 13.5. The average Bonchev–Trinajstić information content (AvgIpc) is 2.50. The van der Waals surface area contributed by atoms with Gasteiger partial charge in [-0.2, -0.15) is 0 Å². The van der Waals surface area contributed by atoms with Crippen molar-refractivity contribution in [1.82, 2.24) is 9.55 Å². The van der Waals surface area contributed by atoms with Crippen molar-refractivity contribution >= 4 is 49.4 Å². The number of fused-ring (bicyclic) bond motifs is 1. The van der Waals surface area contributed by atoms with E-state index >= 15 is 0 Å². The van der Waals surface area contributed by atoms with E-state index < -0.39 is 0 Å². The van der Waals surface area contributed by atoms with Crippen molar-refractivity contribution in [3.63, 3.8) is 0 Å². The summed E-state index contributed by atoms with van der Waals surface area (Å²) in [4.78, 5) is 17.7. The highest BCUT2D eigenvalue weighted by Crippen LogP contribution is 2.25. The predicted molar refractivity (Wildman–Crippen MR) is 107 cm³/mol. The minimum atomic E-state index is -0.356. The maximum absolute atomic E-state index is 13.9. The first-order valence-corrected chi connectivity index (χ1v) is 9.38. The lowest BCUT2D eigenvalue weighted by Crippen LogP contribution is -2.25. The van der Waals surface area contributed by atoms with Gasteiger partial charge in [0.2, 0.25) is 0 Å². The third-order valence-electron chi connectivity index (χ3n) is 3.98. The summed E-state index contributed by atoms with van der Waals surface area (Å²) in [5, 5.41) is 0.430. The van der Waals surface area contributed by atoms with Crippen LogP contribution in [0.3, 0.4) is 0 Å². The maximum atomic E-state index is 13.9. The van der Waals surface area contributed by atoms with Crippen LogP contribution in [0.5, 0.6) is 0 Å². The molecule has 0 aliphatic heterocycles. The predicted octanol–water partition coefficient (Wildman–Crippen LogP) is 5.07. The zero-order chi connectivity index (χ0) is 17.6. The molecule has 3 aromatic rings. The van der Waals surface area contributed by atoms with Gasteiger partial charge in [0.15, 0.2) is 0 Å². The first kappa shape index (κ1) is 17.5. The number of aromatic nitrogens is 2. The fourth-order valence-electron chi connectivity index (χ4n) is 2.95. The molecule has 124 valence electrons. The van der Waals surface area contributed by atoms with Crippen molar-refractivity contribution in [1.29, 1.82) is 0 Å². The monoisotopic (exact) mass is 500 g/mol. The second-order valence-electron chi connectivity index (χ2n) is 5.69. The van der Waals surface area contributed by atoms with Crippen molar-refractivity contribution in [2.24, 2.45) is 0 Å². The second-order valence-corrected chi connectivity index (χ2v) is 7.77. The van der Waals surface area contributed by atoms with Crippen LogP contribution >= 0.6 is 38.5 Å². The molecule has 3 rings (SSSR count). The van der Waals surface area contributed by atoms with E-state index in [0.717, 1.165) is 21.3 Å². The molecule has 1 heterocycles. The molecule has 0 fully saturated rings. The van der Waals surface area contributed by atoms with Crippen LogP contribution in [-0.2, 0) is 6.42 Å². The molecule has 0 aliphatic carbocycles. The SMILES string of the molecule is CCc1nc2cc(F)c(I)cc2c(=O)n1-c1c(C)cc(Br)cc1C. The molecule has 0 saturated heterocycles. The van der Waals surface area contributed by atoms with E-state index in [1.165, 1.54) is 6.07 Å². The van der Waals surface area contributed by atoms with Crippen LogP contribution in [0.25, 0.3) is 16.6 Å². The van der Waals surface area contributed by atoms with Crippen LogP contribution in [-0.4, -0.2) is 9.55 Å². The first-order valence-electron chi connectivity index (χ1n) is 7.51. The molecule has 0 unspecified atom stereocenters. The Bertz CT molecular complexity index is 1010. The van der Waals surface area contributed by atoms with Gasteiger partial charge in [0.25, 0.3) is 5.56 Å². The molecular weight excluding hydrogens is 486 g/mol. The third-order valence-corrected chi connectivity index (χ3v) is 5.26. The van der Waals surface area contributed by atoms with Gasteiger partial charge in [-0.3, -0.25) is 9.36 Å². The fourth-order valence-corrected chi connectivity index (χ4v) is 4.10. The molecule has 0 atom stereocenters. The maximum Gasteiger partial charge on any atom is 0.266 e. The summed E-state index contributed by atoms with van der Waals surface area (Å²) in [5.74, 6) is 0.271. The van der Waals surface area contributed by atoms with Gasteiger partial charge in [0, 0.05) is 20.5 Å².